The molecule has 2 rings (SSSR count). The van der Waals surface area contributed by atoms with Crippen LogP contribution >= 0.6 is 0 Å². The summed E-state index contributed by atoms with van der Waals surface area (Å²) in [5.41, 5.74) is 2.36. The summed E-state index contributed by atoms with van der Waals surface area (Å²) in [6.45, 7) is 1.93. The number of carbonyl (C=O) groups is 2. The predicted octanol–water partition coefficient (Wildman–Crippen LogP) is 3.43. The number of nitrogens with one attached hydrogen (secondary N) is 1. The molecule has 120 valence electrons. The lowest BCUT2D eigenvalue weighted by Crippen LogP contribution is -2.13. The van der Waals surface area contributed by atoms with Crippen LogP contribution in [0, 0.1) is 0 Å². The van der Waals surface area contributed by atoms with Gasteiger partial charge in [-0.25, -0.2) is 4.79 Å². The minimum Gasteiger partial charge on any atom is -0.465 e. The van der Waals surface area contributed by atoms with Gasteiger partial charge < -0.3 is 14.8 Å². The maximum absolute atomic E-state index is 12.3. The molecule has 0 saturated heterocycles. The topological polar surface area (TPSA) is 64.6 Å². The lowest BCUT2D eigenvalue weighted by Gasteiger charge is -2.12. The number of ether oxygens (including phenoxy) is 2. The number of methoxy groups -OCH3 is 2. The van der Waals surface area contributed by atoms with Crippen LogP contribution in [0.25, 0.3) is 0 Å². The van der Waals surface area contributed by atoms with E-state index >= 15 is 0 Å². The van der Waals surface area contributed by atoms with Gasteiger partial charge in [-0.2, -0.15) is 0 Å². The molecule has 0 aromatic heterocycles. The van der Waals surface area contributed by atoms with Gasteiger partial charge in [0.15, 0.2) is 0 Å². The zero-order valence-electron chi connectivity index (χ0n) is 13.3. The summed E-state index contributed by atoms with van der Waals surface area (Å²) in [6, 6.07) is 13.8. The van der Waals surface area contributed by atoms with Crippen molar-refractivity contribution in [1.82, 2.24) is 0 Å². The number of carbonyl (C=O) groups excluding carboxylic acids is 2. The van der Waals surface area contributed by atoms with Crippen LogP contribution in [0.4, 0.5) is 5.69 Å². The molecule has 5 heteroatoms. The number of anilines is 1. The third-order valence-corrected chi connectivity index (χ3v) is 3.51. The van der Waals surface area contributed by atoms with E-state index < -0.39 is 5.97 Å². The summed E-state index contributed by atoms with van der Waals surface area (Å²) >= 11 is 0. The van der Waals surface area contributed by atoms with Crippen LogP contribution in [0.2, 0.25) is 0 Å². The highest BCUT2D eigenvalue weighted by Crippen LogP contribution is 2.20. The fourth-order valence-corrected chi connectivity index (χ4v) is 2.11. The Kier molecular flexibility index (Phi) is 5.49. The van der Waals surface area contributed by atoms with Gasteiger partial charge in [-0.05, 0) is 42.8 Å². The lowest BCUT2D eigenvalue weighted by atomic mass is 10.1. The number of esters is 1. The molecular formula is C18H19NO4. The van der Waals surface area contributed by atoms with Crippen LogP contribution in [0.1, 0.15) is 39.3 Å². The van der Waals surface area contributed by atoms with Crippen LogP contribution in [0.5, 0.6) is 0 Å². The van der Waals surface area contributed by atoms with Gasteiger partial charge in [0, 0.05) is 18.4 Å². The number of hydrogen-bond donors (Lipinski definition) is 1. The van der Waals surface area contributed by atoms with Gasteiger partial charge in [-0.1, -0.05) is 18.2 Å². The van der Waals surface area contributed by atoms with E-state index in [1.165, 1.54) is 13.2 Å². The highest BCUT2D eigenvalue weighted by atomic mass is 16.5. The van der Waals surface area contributed by atoms with E-state index in [2.05, 4.69) is 10.1 Å². The van der Waals surface area contributed by atoms with Gasteiger partial charge in [0.2, 0.25) is 0 Å². The van der Waals surface area contributed by atoms with Crippen LogP contribution < -0.4 is 5.32 Å². The van der Waals surface area contributed by atoms with E-state index in [1.54, 1.807) is 31.4 Å². The molecule has 2 aromatic carbocycles. The Labute approximate surface area is 135 Å². The largest absolute Gasteiger partial charge is 0.465 e. The van der Waals surface area contributed by atoms with Crippen molar-refractivity contribution in [3.05, 3.63) is 65.2 Å². The highest BCUT2D eigenvalue weighted by molar-refractivity contribution is 6.05. The average molecular weight is 313 g/mol. The monoisotopic (exact) mass is 313 g/mol. The van der Waals surface area contributed by atoms with Crippen LogP contribution in [0.15, 0.2) is 48.5 Å². The first-order valence-electron chi connectivity index (χ1n) is 7.17. The van der Waals surface area contributed by atoms with Gasteiger partial charge in [-0.3, -0.25) is 4.79 Å². The minimum atomic E-state index is -0.476. The van der Waals surface area contributed by atoms with Gasteiger partial charge in [0.25, 0.3) is 5.91 Å². The first-order chi connectivity index (χ1) is 11.0. The third-order valence-electron chi connectivity index (χ3n) is 3.51. The van der Waals surface area contributed by atoms with Crippen molar-refractivity contribution in [2.45, 2.75) is 13.0 Å². The van der Waals surface area contributed by atoms with Crippen molar-refractivity contribution < 1.29 is 19.1 Å². The number of benzene rings is 2. The summed E-state index contributed by atoms with van der Waals surface area (Å²) in [7, 11) is 2.94. The predicted molar refractivity (Wildman–Crippen MR) is 87.6 cm³/mol. The quantitative estimate of drug-likeness (QED) is 0.859. The smallest absolute Gasteiger partial charge is 0.337 e. The van der Waals surface area contributed by atoms with Gasteiger partial charge >= 0.3 is 5.97 Å². The second-order valence-corrected chi connectivity index (χ2v) is 5.03. The van der Waals surface area contributed by atoms with Crippen LogP contribution in [0.3, 0.4) is 0 Å². The molecule has 0 heterocycles. The molecule has 0 bridgehead atoms. The summed E-state index contributed by atoms with van der Waals surface area (Å²) in [5, 5.41) is 2.82. The van der Waals surface area contributed by atoms with E-state index in [0.717, 1.165) is 5.56 Å². The third kappa shape index (κ3) is 4.17. The van der Waals surface area contributed by atoms with Gasteiger partial charge in [-0.15, -0.1) is 0 Å². The van der Waals surface area contributed by atoms with Crippen molar-refractivity contribution in [3.8, 4) is 0 Å². The second-order valence-electron chi connectivity index (χ2n) is 5.03. The first-order valence-corrected chi connectivity index (χ1v) is 7.17. The van der Waals surface area contributed by atoms with E-state index in [4.69, 9.17) is 4.74 Å². The highest BCUT2D eigenvalue weighted by Gasteiger charge is 2.11. The van der Waals surface area contributed by atoms with Crippen molar-refractivity contribution >= 4 is 17.6 Å². The Bertz CT molecular complexity index is 712. The maximum atomic E-state index is 12.3. The Morgan fingerprint density at radius 1 is 1.00 bits per heavy atom. The minimum absolute atomic E-state index is 0.0606. The Morgan fingerprint density at radius 2 is 1.70 bits per heavy atom. The fourth-order valence-electron chi connectivity index (χ4n) is 2.11. The second kappa shape index (κ2) is 7.56. The zero-order chi connectivity index (χ0) is 16.8. The molecule has 5 nitrogen and oxygen atoms in total. The number of hydrogen-bond acceptors (Lipinski definition) is 4. The normalized spacial score (nSPS) is 11.6. The first kappa shape index (κ1) is 16.7. The summed E-state index contributed by atoms with van der Waals surface area (Å²) in [4.78, 5) is 23.9. The molecule has 1 N–H and O–H groups in total. The fraction of sp³-hybridized carbons (Fsp3) is 0.222. The standard InChI is InChI=1S/C18H19NO4/c1-12(22-2)13-6-5-9-16(11-13)19-17(20)14-7-4-8-15(10-14)18(21)23-3/h4-12H,1-3H3,(H,19,20). The molecule has 23 heavy (non-hydrogen) atoms. The lowest BCUT2D eigenvalue weighted by molar-refractivity contribution is 0.0600. The molecule has 0 fully saturated rings. The van der Waals surface area contributed by atoms with E-state index in [1.807, 2.05) is 25.1 Å². The SMILES string of the molecule is COC(=O)c1cccc(C(=O)Nc2cccc(C(C)OC)c2)c1. The number of rotatable bonds is 5. The van der Waals surface area contributed by atoms with E-state index in [9.17, 15) is 9.59 Å². The average Bonchev–Trinajstić information content (AvgIpc) is 2.60. The zero-order valence-corrected chi connectivity index (χ0v) is 13.3. The number of amides is 1. The van der Waals surface area contributed by atoms with Crippen LogP contribution in [-0.2, 0) is 9.47 Å². The molecule has 0 aliphatic heterocycles. The molecule has 1 amide bonds. The molecular weight excluding hydrogens is 294 g/mol. The Hall–Kier alpha value is -2.66. The molecule has 1 unspecified atom stereocenters. The Morgan fingerprint density at radius 3 is 2.39 bits per heavy atom. The molecule has 0 saturated carbocycles. The maximum Gasteiger partial charge on any atom is 0.337 e. The van der Waals surface area contributed by atoms with Crippen molar-refractivity contribution in [1.29, 1.82) is 0 Å². The molecule has 1 atom stereocenters. The molecule has 0 aliphatic carbocycles. The van der Waals surface area contributed by atoms with Gasteiger partial charge in [0.1, 0.15) is 0 Å². The van der Waals surface area contributed by atoms with Crippen molar-refractivity contribution in [2.75, 3.05) is 19.5 Å². The molecule has 0 radical (unpaired) electrons. The summed E-state index contributed by atoms with van der Waals surface area (Å²) in [5.74, 6) is -0.770. The van der Waals surface area contributed by atoms with Crippen molar-refractivity contribution in [3.63, 3.8) is 0 Å². The van der Waals surface area contributed by atoms with Crippen molar-refractivity contribution in [2.24, 2.45) is 0 Å². The summed E-state index contributed by atoms with van der Waals surface area (Å²) in [6.07, 6.45) is -0.0606. The van der Waals surface area contributed by atoms with Crippen LogP contribution in [-0.4, -0.2) is 26.1 Å². The van der Waals surface area contributed by atoms with E-state index in [0.29, 0.717) is 16.8 Å². The molecule has 0 aliphatic rings. The molecule has 2 aromatic rings. The van der Waals surface area contributed by atoms with E-state index in [-0.39, 0.29) is 12.0 Å². The van der Waals surface area contributed by atoms with Gasteiger partial charge in [0.05, 0.1) is 18.8 Å². The Balaban J connectivity index is 2.18. The summed E-state index contributed by atoms with van der Waals surface area (Å²) < 4.78 is 9.93. The molecule has 0 spiro atoms.